The van der Waals surface area contributed by atoms with Gasteiger partial charge in [0.25, 0.3) is 0 Å². The monoisotopic (exact) mass is 265 g/mol. The van der Waals surface area contributed by atoms with Gasteiger partial charge in [-0.1, -0.05) is 0 Å². The summed E-state index contributed by atoms with van der Waals surface area (Å²) in [5.41, 5.74) is 6.01. The van der Waals surface area contributed by atoms with Crippen molar-refractivity contribution in [1.29, 1.82) is 0 Å². The fourth-order valence-electron chi connectivity index (χ4n) is 2.41. The SMILES string of the molecule is CNC1(C)CCN(c2ccc(C(N)=O)cc2F)CC1. The normalized spacial score (nSPS) is 18.4. The van der Waals surface area contributed by atoms with Crippen molar-refractivity contribution in [2.24, 2.45) is 5.73 Å². The summed E-state index contributed by atoms with van der Waals surface area (Å²) in [6.07, 6.45) is 1.92. The van der Waals surface area contributed by atoms with E-state index < -0.39 is 5.91 Å². The number of nitrogens with two attached hydrogens (primary N) is 1. The highest BCUT2D eigenvalue weighted by molar-refractivity contribution is 5.93. The maximum absolute atomic E-state index is 14.0. The van der Waals surface area contributed by atoms with Gasteiger partial charge in [0.05, 0.1) is 5.69 Å². The minimum atomic E-state index is -0.605. The van der Waals surface area contributed by atoms with Gasteiger partial charge in [-0.05, 0) is 45.0 Å². The molecule has 0 aromatic heterocycles. The quantitative estimate of drug-likeness (QED) is 0.871. The van der Waals surface area contributed by atoms with Gasteiger partial charge in [0.1, 0.15) is 5.82 Å². The van der Waals surface area contributed by atoms with E-state index in [-0.39, 0.29) is 16.9 Å². The molecular formula is C14H20FN3O. The van der Waals surface area contributed by atoms with Crippen LogP contribution in [0.4, 0.5) is 10.1 Å². The lowest BCUT2D eigenvalue weighted by atomic mass is 9.89. The van der Waals surface area contributed by atoms with E-state index in [1.165, 1.54) is 6.07 Å². The van der Waals surface area contributed by atoms with Crippen LogP contribution in [0, 0.1) is 5.82 Å². The van der Waals surface area contributed by atoms with Crippen LogP contribution in [-0.4, -0.2) is 31.6 Å². The van der Waals surface area contributed by atoms with Crippen molar-refractivity contribution in [3.8, 4) is 0 Å². The smallest absolute Gasteiger partial charge is 0.248 e. The number of nitrogens with one attached hydrogen (secondary N) is 1. The van der Waals surface area contributed by atoms with Crippen LogP contribution in [0.15, 0.2) is 18.2 Å². The maximum Gasteiger partial charge on any atom is 0.248 e. The first-order valence-corrected chi connectivity index (χ1v) is 6.48. The Morgan fingerprint density at radius 3 is 2.53 bits per heavy atom. The molecule has 1 heterocycles. The van der Waals surface area contributed by atoms with Gasteiger partial charge in [-0.2, -0.15) is 0 Å². The molecule has 0 saturated carbocycles. The topological polar surface area (TPSA) is 58.4 Å². The van der Waals surface area contributed by atoms with E-state index in [0.717, 1.165) is 25.9 Å². The van der Waals surface area contributed by atoms with E-state index >= 15 is 0 Å². The second kappa shape index (κ2) is 5.17. The molecule has 5 heteroatoms. The highest BCUT2D eigenvalue weighted by Gasteiger charge is 2.29. The molecule has 1 aliphatic rings. The van der Waals surface area contributed by atoms with Crippen molar-refractivity contribution in [2.45, 2.75) is 25.3 Å². The zero-order valence-electron chi connectivity index (χ0n) is 11.4. The summed E-state index contributed by atoms with van der Waals surface area (Å²) in [6.45, 7) is 3.77. The molecule has 3 N–H and O–H groups in total. The average Bonchev–Trinajstić information content (AvgIpc) is 2.40. The second-order valence-corrected chi connectivity index (χ2v) is 5.33. The number of hydrogen-bond donors (Lipinski definition) is 2. The summed E-state index contributed by atoms with van der Waals surface area (Å²) in [4.78, 5) is 13.0. The number of carbonyl (C=O) groups excluding carboxylic acids is 1. The Balaban J connectivity index is 2.14. The van der Waals surface area contributed by atoms with Crippen molar-refractivity contribution >= 4 is 11.6 Å². The Hall–Kier alpha value is -1.62. The first-order valence-electron chi connectivity index (χ1n) is 6.48. The van der Waals surface area contributed by atoms with Crippen LogP contribution in [-0.2, 0) is 0 Å². The van der Waals surface area contributed by atoms with Gasteiger partial charge in [0.2, 0.25) is 5.91 Å². The lowest BCUT2D eigenvalue weighted by Crippen LogP contribution is -2.50. The van der Waals surface area contributed by atoms with Crippen molar-refractivity contribution in [3.63, 3.8) is 0 Å². The Bertz CT molecular complexity index is 482. The number of nitrogens with zero attached hydrogens (tertiary/aromatic N) is 1. The second-order valence-electron chi connectivity index (χ2n) is 5.33. The van der Waals surface area contributed by atoms with Gasteiger partial charge in [0, 0.05) is 24.2 Å². The van der Waals surface area contributed by atoms with E-state index in [0.29, 0.717) is 5.69 Å². The molecule has 19 heavy (non-hydrogen) atoms. The third-order valence-electron chi connectivity index (χ3n) is 4.04. The minimum absolute atomic E-state index is 0.125. The Kier molecular flexibility index (Phi) is 3.75. The van der Waals surface area contributed by atoms with Crippen LogP contribution in [0.2, 0.25) is 0 Å². The summed E-state index contributed by atoms with van der Waals surface area (Å²) in [6, 6.07) is 4.42. The van der Waals surface area contributed by atoms with Gasteiger partial charge in [-0.3, -0.25) is 4.79 Å². The molecule has 4 nitrogen and oxygen atoms in total. The summed E-state index contributed by atoms with van der Waals surface area (Å²) >= 11 is 0. The number of primary amides is 1. The average molecular weight is 265 g/mol. The number of carbonyl (C=O) groups is 1. The number of hydrogen-bond acceptors (Lipinski definition) is 3. The van der Waals surface area contributed by atoms with Crippen molar-refractivity contribution in [1.82, 2.24) is 5.32 Å². The van der Waals surface area contributed by atoms with Crippen molar-refractivity contribution in [2.75, 3.05) is 25.0 Å². The number of piperidine rings is 1. The van der Waals surface area contributed by atoms with E-state index in [1.807, 2.05) is 11.9 Å². The molecule has 1 aromatic carbocycles. The molecule has 1 aromatic rings. The van der Waals surface area contributed by atoms with Crippen LogP contribution in [0.3, 0.4) is 0 Å². The Labute approximate surface area is 112 Å². The molecule has 0 spiro atoms. The summed E-state index contributed by atoms with van der Waals surface area (Å²) in [5, 5.41) is 3.31. The van der Waals surface area contributed by atoms with Crippen molar-refractivity contribution in [3.05, 3.63) is 29.6 Å². The van der Waals surface area contributed by atoms with Crippen LogP contribution in [0.5, 0.6) is 0 Å². The van der Waals surface area contributed by atoms with E-state index in [1.54, 1.807) is 12.1 Å². The number of rotatable bonds is 3. The number of benzene rings is 1. The van der Waals surface area contributed by atoms with Gasteiger partial charge >= 0.3 is 0 Å². The first kappa shape index (κ1) is 13.8. The van der Waals surface area contributed by atoms with E-state index in [4.69, 9.17) is 5.73 Å². The molecule has 0 atom stereocenters. The fourth-order valence-corrected chi connectivity index (χ4v) is 2.41. The summed E-state index contributed by atoms with van der Waals surface area (Å²) in [5.74, 6) is -0.990. The predicted octanol–water partition coefficient (Wildman–Crippen LogP) is 1.50. The van der Waals surface area contributed by atoms with E-state index in [2.05, 4.69) is 12.2 Å². The molecule has 0 radical (unpaired) electrons. The zero-order valence-corrected chi connectivity index (χ0v) is 11.4. The van der Waals surface area contributed by atoms with Crippen LogP contribution < -0.4 is 16.0 Å². The standard InChI is InChI=1S/C14H20FN3O/c1-14(17-2)5-7-18(8-6-14)12-4-3-10(13(16)19)9-11(12)15/h3-4,9,17H,5-8H2,1-2H3,(H2,16,19). The molecule has 2 rings (SSSR count). The summed E-state index contributed by atoms with van der Waals surface area (Å²) < 4.78 is 14.0. The number of amides is 1. The summed E-state index contributed by atoms with van der Waals surface area (Å²) in [7, 11) is 1.96. The van der Waals surface area contributed by atoms with Gasteiger partial charge in [-0.25, -0.2) is 4.39 Å². The molecule has 1 amide bonds. The van der Waals surface area contributed by atoms with Crippen LogP contribution in [0.1, 0.15) is 30.1 Å². The lowest BCUT2D eigenvalue weighted by molar-refractivity contribution is 0.1000. The highest BCUT2D eigenvalue weighted by atomic mass is 19.1. The molecular weight excluding hydrogens is 245 g/mol. The Morgan fingerprint density at radius 2 is 2.05 bits per heavy atom. The molecule has 1 saturated heterocycles. The molecule has 0 aliphatic carbocycles. The predicted molar refractivity (Wildman–Crippen MR) is 73.8 cm³/mol. The number of anilines is 1. The van der Waals surface area contributed by atoms with Gasteiger partial charge < -0.3 is 16.0 Å². The van der Waals surface area contributed by atoms with Gasteiger partial charge in [-0.15, -0.1) is 0 Å². The number of halogens is 1. The molecule has 1 fully saturated rings. The largest absolute Gasteiger partial charge is 0.369 e. The molecule has 104 valence electrons. The first-order chi connectivity index (χ1) is 8.95. The molecule has 0 unspecified atom stereocenters. The minimum Gasteiger partial charge on any atom is -0.369 e. The maximum atomic E-state index is 14.0. The Morgan fingerprint density at radius 1 is 1.42 bits per heavy atom. The lowest BCUT2D eigenvalue weighted by Gasteiger charge is -2.40. The molecule has 1 aliphatic heterocycles. The third-order valence-corrected chi connectivity index (χ3v) is 4.04. The van der Waals surface area contributed by atoms with Crippen molar-refractivity contribution < 1.29 is 9.18 Å². The molecule has 0 bridgehead atoms. The zero-order chi connectivity index (χ0) is 14.0. The third kappa shape index (κ3) is 2.87. The van der Waals surface area contributed by atoms with Crippen LogP contribution >= 0.6 is 0 Å². The highest BCUT2D eigenvalue weighted by Crippen LogP contribution is 2.28. The van der Waals surface area contributed by atoms with E-state index in [9.17, 15) is 9.18 Å². The fraction of sp³-hybridized carbons (Fsp3) is 0.500. The van der Waals surface area contributed by atoms with Gasteiger partial charge in [0.15, 0.2) is 0 Å². The van der Waals surface area contributed by atoms with Crippen LogP contribution in [0.25, 0.3) is 0 Å².